The molecule has 120 valence electrons. The fraction of sp³-hybridized carbons (Fsp3) is 0.500. The molecular formula is C16H20ClNO4. The number of carboxylic acids is 1. The number of benzene rings is 1. The number of amides is 1. The van der Waals surface area contributed by atoms with Crippen LogP contribution in [0.3, 0.4) is 0 Å². The third kappa shape index (κ3) is 4.45. The number of aliphatic carboxylic acids is 1. The Morgan fingerprint density at radius 1 is 1.27 bits per heavy atom. The summed E-state index contributed by atoms with van der Waals surface area (Å²) in [6.07, 6.45) is 0.934. The maximum absolute atomic E-state index is 12.3. The first-order chi connectivity index (χ1) is 10.5. The van der Waals surface area contributed by atoms with E-state index in [4.69, 9.17) is 11.6 Å². The van der Waals surface area contributed by atoms with Crippen molar-refractivity contribution >= 4 is 23.5 Å². The van der Waals surface area contributed by atoms with Gasteiger partial charge in [0.25, 0.3) is 0 Å². The molecule has 4 atom stereocenters. The number of hydrogen-bond donors (Lipinski definition) is 3. The molecule has 0 bridgehead atoms. The van der Waals surface area contributed by atoms with Gasteiger partial charge < -0.3 is 15.5 Å². The molecule has 0 spiro atoms. The van der Waals surface area contributed by atoms with Crippen molar-refractivity contribution < 1.29 is 19.8 Å². The second kappa shape index (κ2) is 7.61. The van der Waals surface area contributed by atoms with Crippen LogP contribution in [0, 0.1) is 5.92 Å². The van der Waals surface area contributed by atoms with Gasteiger partial charge in [0.05, 0.1) is 12.0 Å². The van der Waals surface area contributed by atoms with Gasteiger partial charge in [-0.2, -0.15) is 0 Å². The molecule has 1 saturated carbocycles. The lowest BCUT2D eigenvalue weighted by Crippen LogP contribution is -2.49. The molecule has 3 N–H and O–H groups in total. The number of hydrogen-bond acceptors (Lipinski definition) is 3. The second-order valence-electron chi connectivity index (χ2n) is 5.67. The number of carboxylic acid groups (broad SMARTS) is 1. The Labute approximate surface area is 134 Å². The molecule has 0 aromatic heterocycles. The summed E-state index contributed by atoms with van der Waals surface area (Å²) in [5, 5.41) is 21.6. The minimum absolute atomic E-state index is 0.156. The van der Waals surface area contributed by atoms with Crippen molar-refractivity contribution in [3.63, 3.8) is 0 Å². The van der Waals surface area contributed by atoms with Crippen LogP contribution >= 0.6 is 11.6 Å². The molecule has 0 saturated heterocycles. The van der Waals surface area contributed by atoms with Crippen LogP contribution in [-0.4, -0.2) is 39.6 Å². The van der Waals surface area contributed by atoms with Crippen molar-refractivity contribution in [2.45, 2.75) is 43.2 Å². The second-order valence-corrected chi connectivity index (χ2v) is 6.29. The first-order valence-corrected chi connectivity index (χ1v) is 7.80. The van der Waals surface area contributed by atoms with Gasteiger partial charge in [0.15, 0.2) is 0 Å². The summed E-state index contributed by atoms with van der Waals surface area (Å²) >= 11 is 6.04. The fourth-order valence-corrected chi connectivity index (χ4v) is 3.03. The molecule has 0 aliphatic heterocycles. The highest BCUT2D eigenvalue weighted by Crippen LogP contribution is 2.28. The maximum atomic E-state index is 12.3. The van der Waals surface area contributed by atoms with E-state index in [0.717, 1.165) is 5.56 Å². The standard InChI is InChI=1S/C16H20ClNO4/c17-11-6-7-14(19)12(9-11)15(20)18-13(16(21)22)8-10-4-2-1-3-5-10/h1-5,11-14,19H,6-9H2,(H,18,20)(H,21,22)/t11?,12?,13-,14?/m0/s1. The summed E-state index contributed by atoms with van der Waals surface area (Å²) in [5.41, 5.74) is 0.828. The average Bonchev–Trinajstić information content (AvgIpc) is 2.50. The quantitative estimate of drug-likeness (QED) is 0.717. The third-order valence-corrected chi connectivity index (χ3v) is 4.38. The molecule has 1 aliphatic rings. The van der Waals surface area contributed by atoms with E-state index in [2.05, 4.69) is 5.32 Å². The number of aliphatic hydroxyl groups excluding tert-OH is 1. The van der Waals surface area contributed by atoms with Crippen molar-refractivity contribution in [2.75, 3.05) is 0 Å². The molecule has 1 aromatic rings. The van der Waals surface area contributed by atoms with Crippen molar-refractivity contribution in [1.82, 2.24) is 5.32 Å². The lowest BCUT2D eigenvalue weighted by atomic mass is 9.85. The molecule has 0 heterocycles. The summed E-state index contributed by atoms with van der Waals surface area (Å²) in [4.78, 5) is 23.6. The Balaban J connectivity index is 2.01. The smallest absolute Gasteiger partial charge is 0.326 e. The van der Waals surface area contributed by atoms with Gasteiger partial charge in [-0.1, -0.05) is 30.3 Å². The summed E-state index contributed by atoms with van der Waals surface area (Å²) in [6.45, 7) is 0. The van der Waals surface area contributed by atoms with Gasteiger partial charge in [-0.25, -0.2) is 4.79 Å². The molecule has 3 unspecified atom stereocenters. The maximum Gasteiger partial charge on any atom is 0.326 e. The molecule has 1 aliphatic carbocycles. The number of carbonyl (C=O) groups excluding carboxylic acids is 1. The highest BCUT2D eigenvalue weighted by Gasteiger charge is 2.35. The molecule has 2 rings (SSSR count). The first kappa shape index (κ1) is 16.8. The molecule has 6 heteroatoms. The number of carbonyl (C=O) groups is 2. The van der Waals surface area contributed by atoms with E-state index in [1.165, 1.54) is 0 Å². The van der Waals surface area contributed by atoms with Crippen molar-refractivity contribution in [3.05, 3.63) is 35.9 Å². The summed E-state index contributed by atoms with van der Waals surface area (Å²) in [5.74, 6) is -2.18. The largest absolute Gasteiger partial charge is 0.480 e. The highest BCUT2D eigenvalue weighted by molar-refractivity contribution is 6.20. The molecule has 1 fully saturated rings. The van der Waals surface area contributed by atoms with Gasteiger partial charge in [-0.3, -0.25) is 4.79 Å². The SMILES string of the molecule is O=C(N[C@@H](Cc1ccccc1)C(=O)O)C1CC(Cl)CCC1O. The van der Waals surface area contributed by atoms with E-state index < -0.39 is 29.9 Å². The van der Waals surface area contributed by atoms with Crippen LogP contribution in [0.5, 0.6) is 0 Å². The van der Waals surface area contributed by atoms with Gasteiger partial charge in [-0.05, 0) is 24.8 Å². The van der Waals surface area contributed by atoms with E-state index in [9.17, 15) is 19.8 Å². The Morgan fingerprint density at radius 3 is 2.59 bits per heavy atom. The van der Waals surface area contributed by atoms with Gasteiger partial charge in [0.1, 0.15) is 6.04 Å². The van der Waals surface area contributed by atoms with Crippen LogP contribution < -0.4 is 5.32 Å². The number of alkyl halides is 1. The normalized spacial score (nSPS) is 26.2. The lowest BCUT2D eigenvalue weighted by Gasteiger charge is -2.30. The minimum atomic E-state index is -1.09. The first-order valence-electron chi connectivity index (χ1n) is 7.36. The van der Waals surface area contributed by atoms with Crippen molar-refractivity contribution in [3.8, 4) is 0 Å². The fourth-order valence-electron chi connectivity index (χ4n) is 2.71. The molecule has 22 heavy (non-hydrogen) atoms. The number of halogens is 1. The average molecular weight is 326 g/mol. The Bertz CT molecular complexity index is 522. The van der Waals surface area contributed by atoms with Crippen LogP contribution in [0.15, 0.2) is 30.3 Å². The Morgan fingerprint density at radius 2 is 1.95 bits per heavy atom. The highest BCUT2D eigenvalue weighted by atomic mass is 35.5. The zero-order valence-electron chi connectivity index (χ0n) is 12.1. The van der Waals surface area contributed by atoms with Gasteiger partial charge in [-0.15, -0.1) is 11.6 Å². The molecule has 1 amide bonds. The molecular weight excluding hydrogens is 306 g/mol. The van der Waals surface area contributed by atoms with Crippen LogP contribution in [0.2, 0.25) is 0 Å². The van der Waals surface area contributed by atoms with Gasteiger partial charge in [0, 0.05) is 11.8 Å². The van der Waals surface area contributed by atoms with E-state index in [1.807, 2.05) is 30.3 Å². The Hall–Kier alpha value is -1.59. The van der Waals surface area contributed by atoms with Crippen LogP contribution in [-0.2, 0) is 16.0 Å². The van der Waals surface area contributed by atoms with Crippen LogP contribution in [0.25, 0.3) is 0 Å². The molecule has 5 nitrogen and oxygen atoms in total. The van der Waals surface area contributed by atoms with E-state index >= 15 is 0 Å². The van der Waals surface area contributed by atoms with Crippen molar-refractivity contribution in [1.29, 1.82) is 0 Å². The predicted molar refractivity (Wildman–Crippen MR) is 82.7 cm³/mol. The number of nitrogens with one attached hydrogen (secondary N) is 1. The number of aliphatic hydroxyl groups is 1. The summed E-state index contributed by atoms with van der Waals surface area (Å²) < 4.78 is 0. The van der Waals surface area contributed by atoms with Gasteiger partial charge in [0.2, 0.25) is 5.91 Å². The minimum Gasteiger partial charge on any atom is -0.480 e. The van der Waals surface area contributed by atoms with Crippen LogP contribution in [0.1, 0.15) is 24.8 Å². The van der Waals surface area contributed by atoms with Gasteiger partial charge >= 0.3 is 5.97 Å². The third-order valence-electron chi connectivity index (χ3n) is 3.98. The Kier molecular flexibility index (Phi) is 5.80. The van der Waals surface area contributed by atoms with Crippen LogP contribution in [0.4, 0.5) is 0 Å². The zero-order valence-corrected chi connectivity index (χ0v) is 12.9. The van der Waals surface area contributed by atoms with Crippen molar-refractivity contribution in [2.24, 2.45) is 5.92 Å². The number of rotatable bonds is 5. The zero-order chi connectivity index (χ0) is 16.1. The summed E-state index contributed by atoms with van der Waals surface area (Å²) in [6, 6.07) is 8.09. The summed E-state index contributed by atoms with van der Waals surface area (Å²) in [7, 11) is 0. The topological polar surface area (TPSA) is 86.6 Å². The predicted octanol–water partition coefficient (Wildman–Crippen LogP) is 1.57. The van der Waals surface area contributed by atoms with E-state index in [1.54, 1.807) is 0 Å². The monoisotopic (exact) mass is 325 g/mol. The molecule has 1 aromatic carbocycles. The lowest BCUT2D eigenvalue weighted by molar-refractivity contribution is -0.143. The molecule has 0 radical (unpaired) electrons. The van der Waals surface area contributed by atoms with E-state index in [-0.39, 0.29) is 11.8 Å². The van der Waals surface area contributed by atoms with E-state index in [0.29, 0.717) is 19.3 Å².